The van der Waals surface area contributed by atoms with Crippen molar-refractivity contribution >= 4 is 39.9 Å². The van der Waals surface area contributed by atoms with Crippen molar-refractivity contribution in [3.8, 4) is 11.3 Å². The number of benzene rings is 2. The number of amides is 1. The maximum atomic E-state index is 12.9. The maximum Gasteiger partial charge on any atom is 0.227 e. The second-order valence-electron chi connectivity index (χ2n) is 10.6. The number of aromatic amines is 1. The molecule has 0 atom stereocenters. The van der Waals surface area contributed by atoms with Crippen LogP contribution in [0.2, 0.25) is 0 Å². The lowest BCUT2D eigenvalue weighted by Gasteiger charge is -2.28. The Hall–Kier alpha value is -4.08. The molecule has 1 saturated heterocycles. The molecule has 1 amide bonds. The van der Waals surface area contributed by atoms with Crippen molar-refractivity contribution in [1.82, 2.24) is 19.9 Å². The van der Waals surface area contributed by atoms with Crippen LogP contribution in [0.1, 0.15) is 48.5 Å². The van der Waals surface area contributed by atoms with Gasteiger partial charge in [-0.3, -0.25) is 14.5 Å². The van der Waals surface area contributed by atoms with Crippen LogP contribution in [0.3, 0.4) is 0 Å². The minimum Gasteiger partial charge on any atom is -0.379 e. The monoisotopic (exact) mass is 538 g/mol. The third-order valence-corrected chi connectivity index (χ3v) is 7.86. The highest BCUT2D eigenvalue weighted by Crippen LogP contribution is 2.30. The second kappa shape index (κ2) is 11.6. The van der Waals surface area contributed by atoms with Gasteiger partial charge in [0, 0.05) is 71.4 Å². The fraction of sp³-hybridized carbons (Fsp3) is 0.355. The summed E-state index contributed by atoms with van der Waals surface area (Å²) in [6.07, 6.45) is 7.64. The molecule has 2 aliphatic rings. The Morgan fingerprint density at radius 1 is 1.07 bits per heavy atom. The van der Waals surface area contributed by atoms with Gasteiger partial charge >= 0.3 is 0 Å². The van der Waals surface area contributed by atoms with Crippen LogP contribution in [-0.2, 0) is 16.1 Å². The van der Waals surface area contributed by atoms with E-state index in [0.29, 0.717) is 24.7 Å². The minimum absolute atomic E-state index is 0.0178. The van der Waals surface area contributed by atoms with Gasteiger partial charge in [-0.25, -0.2) is 9.97 Å². The van der Waals surface area contributed by atoms with Crippen LogP contribution in [0, 0.1) is 5.92 Å². The zero-order chi connectivity index (χ0) is 27.5. The number of hydrogen-bond acceptors (Lipinski definition) is 7. The van der Waals surface area contributed by atoms with Crippen molar-refractivity contribution in [2.45, 2.75) is 39.2 Å². The van der Waals surface area contributed by atoms with Crippen molar-refractivity contribution in [3.63, 3.8) is 0 Å². The number of morpholine rings is 1. The molecule has 0 radical (unpaired) electrons. The summed E-state index contributed by atoms with van der Waals surface area (Å²) in [7, 11) is 0. The zero-order valence-corrected chi connectivity index (χ0v) is 22.7. The lowest BCUT2D eigenvalue weighted by Crippen LogP contribution is -2.36. The SMILES string of the molecule is CC(=O)c1c[nH]c2ccc(-c3ccnc(Nc4ccc(NC(=O)C5CCCC5)c(CN5CCOCC5)c4)n3)cc12. The number of ketones is 1. The molecule has 40 heavy (non-hydrogen) atoms. The van der Waals surface area contributed by atoms with Crippen LogP contribution in [0.15, 0.2) is 54.9 Å². The van der Waals surface area contributed by atoms with Crippen molar-refractivity contribution in [3.05, 3.63) is 66.0 Å². The average Bonchev–Trinajstić information content (AvgIpc) is 3.66. The number of carbonyl (C=O) groups is 2. The molecule has 0 bridgehead atoms. The molecule has 2 fully saturated rings. The first-order valence-corrected chi connectivity index (χ1v) is 14.0. The molecule has 206 valence electrons. The summed E-state index contributed by atoms with van der Waals surface area (Å²) < 4.78 is 5.53. The molecule has 6 rings (SSSR count). The molecular weight excluding hydrogens is 504 g/mol. The van der Waals surface area contributed by atoms with Gasteiger partial charge in [-0.2, -0.15) is 0 Å². The van der Waals surface area contributed by atoms with E-state index in [1.807, 2.05) is 36.4 Å². The second-order valence-corrected chi connectivity index (χ2v) is 10.6. The van der Waals surface area contributed by atoms with Gasteiger partial charge < -0.3 is 20.4 Å². The number of anilines is 3. The fourth-order valence-electron chi connectivity index (χ4n) is 5.63. The van der Waals surface area contributed by atoms with Crippen LogP contribution in [0.4, 0.5) is 17.3 Å². The number of carbonyl (C=O) groups excluding carboxylic acids is 2. The number of hydrogen-bond donors (Lipinski definition) is 3. The average molecular weight is 539 g/mol. The Balaban J connectivity index is 1.25. The molecule has 1 aliphatic heterocycles. The van der Waals surface area contributed by atoms with E-state index in [1.54, 1.807) is 19.3 Å². The van der Waals surface area contributed by atoms with Crippen LogP contribution in [-0.4, -0.2) is 57.8 Å². The molecule has 9 nitrogen and oxygen atoms in total. The van der Waals surface area contributed by atoms with E-state index >= 15 is 0 Å². The summed E-state index contributed by atoms with van der Waals surface area (Å²) in [6.45, 7) is 5.43. The third kappa shape index (κ3) is 5.76. The van der Waals surface area contributed by atoms with Gasteiger partial charge in [0.1, 0.15) is 0 Å². The van der Waals surface area contributed by atoms with Gasteiger partial charge in [0.2, 0.25) is 11.9 Å². The predicted molar refractivity (Wildman–Crippen MR) is 156 cm³/mol. The molecule has 4 aromatic rings. The standard InChI is InChI=1S/C31H34N6O3/c1-20(38)26-18-33-29-8-6-22(17-25(26)29)28-10-11-32-31(36-28)34-24-7-9-27(35-30(39)21-4-2-3-5-21)23(16-24)19-37-12-14-40-15-13-37/h6-11,16-18,21,33H,2-5,12-15,19H2,1H3,(H,35,39)(H,32,34,36). The molecule has 2 aromatic heterocycles. The summed E-state index contributed by atoms with van der Waals surface area (Å²) in [5.74, 6) is 0.703. The molecule has 2 aromatic carbocycles. The van der Waals surface area contributed by atoms with Gasteiger partial charge in [0.25, 0.3) is 0 Å². The lowest BCUT2D eigenvalue weighted by atomic mass is 10.1. The van der Waals surface area contributed by atoms with E-state index in [2.05, 4.69) is 31.6 Å². The van der Waals surface area contributed by atoms with Gasteiger partial charge in [-0.15, -0.1) is 0 Å². The molecule has 1 aliphatic carbocycles. The van der Waals surface area contributed by atoms with E-state index in [4.69, 9.17) is 9.72 Å². The van der Waals surface area contributed by atoms with E-state index < -0.39 is 0 Å². The van der Waals surface area contributed by atoms with E-state index in [9.17, 15) is 9.59 Å². The first-order chi connectivity index (χ1) is 19.5. The Kier molecular flexibility index (Phi) is 7.57. The minimum atomic E-state index is 0.0178. The van der Waals surface area contributed by atoms with Crippen molar-refractivity contribution < 1.29 is 14.3 Å². The summed E-state index contributed by atoms with van der Waals surface area (Å²) in [5.41, 5.74) is 5.97. The summed E-state index contributed by atoms with van der Waals surface area (Å²) >= 11 is 0. The number of ether oxygens (including phenoxy) is 1. The first kappa shape index (κ1) is 26.2. The highest BCUT2D eigenvalue weighted by Gasteiger charge is 2.24. The number of H-pyrrole nitrogens is 1. The molecule has 3 N–H and O–H groups in total. The van der Waals surface area contributed by atoms with Gasteiger partial charge in [-0.05, 0) is 61.7 Å². The Labute approximate surface area is 233 Å². The molecular formula is C31H34N6O3. The summed E-state index contributed by atoms with van der Waals surface area (Å²) in [5, 5.41) is 7.43. The summed E-state index contributed by atoms with van der Waals surface area (Å²) in [4.78, 5) is 39.7. The van der Waals surface area contributed by atoms with E-state index in [0.717, 1.165) is 84.4 Å². The maximum absolute atomic E-state index is 12.9. The van der Waals surface area contributed by atoms with Crippen molar-refractivity contribution in [2.75, 3.05) is 36.9 Å². The Morgan fingerprint density at radius 2 is 1.90 bits per heavy atom. The highest BCUT2D eigenvalue weighted by molar-refractivity contribution is 6.07. The molecule has 3 heterocycles. The number of nitrogens with one attached hydrogen (secondary N) is 3. The van der Waals surface area contributed by atoms with Gasteiger partial charge in [0.05, 0.1) is 18.9 Å². The molecule has 0 spiro atoms. The van der Waals surface area contributed by atoms with Crippen molar-refractivity contribution in [1.29, 1.82) is 0 Å². The number of rotatable bonds is 8. The number of nitrogens with zero attached hydrogens (tertiary/aromatic N) is 3. The first-order valence-electron chi connectivity index (χ1n) is 14.0. The van der Waals surface area contributed by atoms with Gasteiger partial charge in [-0.1, -0.05) is 18.9 Å². The quantitative estimate of drug-likeness (QED) is 0.253. The van der Waals surface area contributed by atoms with Crippen LogP contribution in [0.5, 0.6) is 0 Å². The van der Waals surface area contributed by atoms with Crippen molar-refractivity contribution in [2.24, 2.45) is 5.92 Å². The third-order valence-electron chi connectivity index (χ3n) is 7.86. The lowest BCUT2D eigenvalue weighted by molar-refractivity contribution is -0.119. The normalized spacial score (nSPS) is 16.3. The highest BCUT2D eigenvalue weighted by atomic mass is 16.5. The predicted octanol–water partition coefficient (Wildman–Crippen LogP) is 5.53. The molecule has 9 heteroatoms. The molecule has 0 unspecified atom stereocenters. The smallest absolute Gasteiger partial charge is 0.227 e. The van der Waals surface area contributed by atoms with E-state index in [-0.39, 0.29) is 17.6 Å². The van der Waals surface area contributed by atoms with E-state index in [1.165, 1.54) is 0 Å². The van der Waals surface area contributed by atoms with Crippen LogP contribution >= 0.6 is 0 Å². The van der Waals surface area contributed by atoms with Crippen LogP contribution in [0.25, 0.3) is 22.2 Å². The summed E-state index contributed by atoms with van der Waals surface area (Å²) in [6, 6.07) is 13.8. The Morgan fingerprint density at radius 3 is 2.70 bits per heavy atom. The van der Waals surface area contributed by atoms with Crippen LogP contribution < -0.4 is 10.6 Å². The topological polar surface area (TPSA) is 112 Å². The zero-order valence-electron chi connectivity index (χ0n) is 22.7. The van der Waals surface area contributed by atoms with Gasteiger partial charge in [0.15, 0.2) is 5.78 Å². The number of Topliss-reactive ketones (excluding diaryl/α,β-unsaturated/α-hetero) is 1. The Bertz CT molecular complexity index is 1540. The fourth-order valence-corrected chi connectivity index (χ4v) is 5.63. The number of aromatic nitrogens is 3. The number of fused-ring (bicyclic) bond motifs is 1. The largest absolute Gasteiger partial charge is 0.379 e. The molecule has 1 saturated carbocycles.